The summed E-state index contributed by atoms with van der Waals surface area (Å²) in [5.41, 5.74) is 0. The van der Waals surface area contributed by atoms with Crippen molar-refractivity contribution >= 4 is 11.8 Å². The van der Waals surface area contributed by atoms with E-state index < -0.39 is 0 Å². The molecule has 124 valence electrons. The Labute approximate surface area is 133 Å². The van der Waals surface area contributed by atoms with Crippen LogP contribution in [0.5, 0.6) is 0 Å². The van der Waals surface area contributed by atoms with Crippen molar-refractivity contribution in [3.8, 4) is 0 Å². The van der Waals surface area contributed by atoms with Crippen LogP contribution in [0, 0.1) is 11.8 Å². The van der Waals surface area contributed by atoms with Gasteiger partial charge in [0.25, 0.3) is 0 Å². The minimum absolute atomic E-state index is 0.0504. The van der Waals surface area contributed by atoms with Gasteiger partial charge in [-0.05, 0) is 25.2 Å². The van der Waals surface area contributed by atoms with Crippen LogP contribution in [0.1, 0.15) is 44.9 Å². The predicted octanol–water partition coefficient (Wildman–Crippen LogP) is 1.66. The molecule has 2 atom stereocenters. The zero-order valence-electron chi connectivity index (χ0n) is 13.6. The van der Waals surface area contributed by atoms with Crippen LogP contribution < -0.4 is 0 Å². The van der Waals surface area contributed by atoms with E-state index in [1.807, 2.05) is 11.9 Å². The Balaban J connectivity index is 1.55. The molecular formula is C17H28N2O3. The number of likely N-dealkylation sites (tertiary alicyclic amines) is 1. The number of likely N-dealkylation sites (N-methyl/N-ethyl adjacent to an activating group) is 1. The summed E-state index contributed by atoms with van der Waals surface area (Å²) in [4.78, 5) is 28.1. The molecule has 0 aromatic carbocycles. The van der Waals surface area contributed by atoms with E-state index in [2.05, 4.69) is 0 Å². The molecule has 0 spiro atoms. The number of rotatable bonds is 2. The zero-order valence-corrected chi connectivity index (χ0v) is 13.6. The normalized spacial score (nSPS) is 30.9. The summed E-state index contributed by atoms with van der Waals surface area (Å²) in [6, 6.07) is 0. The van der Waals surface area contributed by atoms with E-state index in [1.165, 1.54) is 32.1 Å². The SMILES string of the molecule is CN1C[C@H]2CN(C(=O)CC3CCCCC3)CC[C@@H]2OCC1=O. The summed E-state index contributed by atoms with van der Waals surface area (Å²) in [6.07, 6.45) is 8.03. The molecule has 0 aromatic heterocycles. The monoisotopic (exact) mass is 308 g/mol. The van der Waals surface area contributed by atoms with E-state index in [9.17, 15) is 9.59 Å². The van der Waals surface area contributed by atoms with Gasteiger partial charge in [0.05, 0.1) is 6.10 Å². The van der Waals surface area contributed by atoms with Crippen LogP contribution in [-0.2, 0) is 14.3 Å². The molecule has 3 aliphatic rings. The fraction of sp³-hybridized carbons (Fsp3) is 0.882. The van der Waals surface area contributed by atoms with Crippen molar-refractivity contribution in [1.29, 1.82) is 0 Å². The lowest BCUT2D eigenvalue weighted by Gasteiger charge is -2.38. The number of hydrogen-bond acceptors (Lipinski definition) is 3. The first kappa shape index (κ1) is 15.8. The number of amides is 2. The molecule has 2 aliphatic heterocycles. The Morgan fingerprint density at radius 1 is 1.18 bits per heavy atom. The number of carbonyl (C=O) groups excluding carboxylic acids is 2. The summed E-state index contributed by atoms with van der Waals surface area (Å²) < 4.78 is 5.74. The molecule has 1 saturated carbocycles. The molecule has 1 aliphatic carbocycles. The number of ether oxygens (including phenoxy) is 1. The van der Waals surface area contributed by atoms with Crippen LogP contribution in [0.3, 0.4) is 0 Å². The van der Waals surface area contributed by atoms with Gasteiger partial charge in [-0.2, -0.15) is 0 Å². The van der Waals surface area contributed by atoms with E-state index in [0.717, 1.165) is 19.5 Å². The summed E-state index contributed by atoms with van der Waals surface area (Å²) in [5, 5.41) is 0. The van der Waals surface area contributed by atoms with E-state index >= 15 is 0 Å². The van der Waals surface area contributed by atoms with Gasteiger partial charge >= 0.3 is 0 Å². The number of nitrogens with zero attached hydrogens (tertiary/aromatic N) is 2. The molecule has 0 radical (unpaired) electrons. The van der Waals surface area contributed by atoms with Gasteiger partial charge < -0.3 is 14.5 Å². The third-order valence-electron chi connectivity index (χ3n) is 5.56. The third kappa shape index (κ3) is 3.62. The number of carbonyl (C=O) groups is 2. The lowest BCUT2D eigenvalue weighted by Crippen LogP contribution is -2.49. The molecule has 0 aromatic rings. The minimum atomic E-state index is 0.0504. The van der Waals surface area contributed by atoms with Gasteiger partial charge in [-0.15, -0.1) is 0 Å². The van der Waals surface area contributed by atoms with E-state index in [-0.39, 0.29) is 24.5 Å². The van der Waals surface area contributed by atoms with Crippen LogP contribution in [0.4, 0.5) is 0 Å². The maximum atomic E-state index is 12.6. The second-order valence-electron chi connectivity index (χ2n) is 7.22. The second kappa shape index (κ2) is 6.99. The molecule has 0 unspecified atom stereocenters. The maximum Gasteiger partial charge on any atom is 0.248 e. The van der Waals surface area contributed by atoms with Crippen molar-refractivity contribution in [1.82, 2.24) is 9.80 Å². The van der Waals surface area contributed by atoms with Crippen molar-refractivity contribution in [2.45, 2.75) is 51.0 Å². The summed E-state index contributed by atoms with van der Waals surface area (Å²) in [7, 11) is 1.83. The van der Waals surface area contributed by atoms with Crippen LogP contribution in [0.25, 0.3) is 0 Å². The Bertz CT molecular complexity index is 420. The molecule has 0 bridgehead atoms. The van der Waals surface area contributed by atoms with Gasteiger partial charge in [0.1, 0.15) is 6.61 Å². The largest absolute Gasteiger partial charge is 0.368 e. The number of hydrogen-bond donors (Lipinski definition) is 0. The number of piperidine rings is 1. The fourth-order valence-electron chi connectivity index (χ4n) is 4.14. The molecule has 2 heterocycles. The summed E-state index contributed by atoms with van der Waals surface area (Å²) in [5.74, 6) is 1.21. The lowest BCUT2D eigenvalue weighted by atomic mass is 9.86. The lowest BCUT2D eigenvalue weighted by molar-refractivity contribution is -0.138. The highest BCUT2D eigenvalue weighted by Crippen LogP contribution is 2.29. The Hall–Kier alpha value is -1.10. The third-order valence-corrected chi connectivity index (χ3v) is 5.56. The highest BCUT2D eigenvalue weighted by Gasteiger charge is 2.36. The van der Waals surface area contributed by atoms with Crippen LogP contribution in [0.2, 0.25) is 0 Å². The molecule has 5 heteroatoms. The summed E-state index contributed by atoms with van der Waals surface area (Å²) in [6.45, 7) is 2.42. The fourth-order valence-corrected chi connectivity index (χ4v) is 4.14. The van der Waals surface area contributed by atoms with Gasteiger partial charge in [0, 0.05) is 39.0 Å². The van der Waals surface area contributed by atoms with Crippen LogP contribution in [0.15, 0.2) is 0 Å². The predicted molar refractivity (Wildman–Crippen MR) is 83.3 cm³/mol. The highest BCUT2D eigenvalue weighted by atomic mass is 16.5. The first-order valence-corrected chi connectivity index (χ1v) is 8.77. The molecule has 3 fully saturated rings. The van der Waals surface area contributed by atoms with Crippen molar-refractivity contribution in [3.63, 3.8) is 0 Å². The van der Waals surface area contributed by atoms with Crippen molar-refractivity contribution < 1.29 is 14.3 Å². The maximum absolute atomic E-state index is 12.6. The molecular weight excluding hydrogens is 280 g/mol. The zero-order chi connectivity index (χ0) is 15.5. The molecule has 0 N–H and O–H groups in total. The van der Waals surface area contributed by atoms with Gasteiger partial charge in [0.15, 0.2) is 0 Å². The van der Waals surface area contributed by atoms with E-state index in [1.54, 1.807) is 4.90 Å². The highest BCUT2D eigenvalue weighted by molar-refractivity contribution is 5.78. The van der Waals surface area contributed by atoms with E-state index in [4.69, 9.17) is 4.74 Å². The van der Waals surface area contributed by atoms with Crippen molar-refractivity contribution in [2.24, 2.45) is 11.8 Å². The van der Waals surface area contributed by atoms with Gasteiger partial charge in [-0.25, -0.2) is 0 Å². The van der Waals surface area contributed by atoms with Crippen LogP contribution >= 0.6 is 0 Å². The topological polar surface area (TPSA) is 49.9 Å². The van der Waals surface area contributed by atoms with Crippen molar-refractivity contribution in [3.05, 3.63) is 0 Å². The van der Waals surface area contributed by atoms with Gasteiger partial charge in [0.2, 0.25) is 11.8 Å². The first-order valence-electron chi connectivity index (χ1n) is 8.77. The molecule has 22 heavy (non-hydrogen) atoms. The Morgan fingerprint density at radius 2 is 1.95 bits per heavy atom. The average Bonchev–Trinajstić information content (AvgIpc) is 2.67. The second-order valence-corrected chi connectivity index (χ2v) is 7.22. The van der Waals surface area contributed by atoms with E-state index in [0.29, 0.717) is 24.8 Å². The Kier molecular flexibility index (Phi) is 5.01. The molecule has 3 rings (SSSR count). The quantitative estimate of drug-likeness (QED) is 0.779. The summed E-state index contributed by atoms with van der Waals surface area (Å²) >= 11 is 0. The minimum Gasteiger partial charge on any atom is -0.368 e. The van der Waals surface area contributed by atoms with Gasteiger partial charge in [-0.1, -0.05) is 19.3 Å². The molecule has 2 saturated heterocycles. The first-order chi connectivity index (χ1) is 10.6. The standard InChI is InChI=1S/C17H28N2O3/c1-18-10-14-11-19(8-7-15(14)22-12-17(18)21)16(20)9-13-5-3-2-4-6-13/h13-15H,2-12H2,1H3/t14-,15-/m0/s1. The average molecular weight is 308 g/mol. The molecule has 2 amide bonds. The van der Waals surface area contributed by atoms with Gasteiger partial charge in [-0.3, -0.25) is 9.59 Å². The van der Waals surface area contributed by atoms with Crippen LogP contribution in [-0.4, -0.2) is 61.0 Å². The smallest absolute Gasteiger partial charge is 0.248 e. The molecule has 5 nitrogen and oxygen atoms in total. The number of fused-ring (bicyclic) bond motifs is 1. The van der Waals surface area contributed by atoms with Crippen molar-refractivity contribution in [2.75, 3.05) is 33.3 Å². The Morgan fingerprint density at radius 3 is 2.73 bits per heavy atom.